The first kappa shape index (κ1) is 25.4. The van der Waals surface area contributed by atoms with Crippen LogP contribution in [-0.2, 0) is 10.3 Å². The molecule has 3 N–H and O–H groups in total. The maximum Gasteiger partial charge on any atom is 0.291 e. The third kappa shape index (κ3) is 4.98. The fourth-order valence-electron chi connectivity index (χ4n) is 4.74. The maximum absolute atomic E-state index is 16.0. The van der Waals surface area contributed by atoms with Crippen LogP contribution in [0.2, 0.25) is 0 Å². The van der Waals surface area contributed by atoms with Gasteiger partial charge >= 0.3 is 0 Å². The van der Waals surface area contributed by atoms with E-state index in [1.54, 1.807) is 30.3 Å². The average Bonchev–Trinajstić information content (AvgIpc) is 3.35. The molecular weight excluding hydrogens is 491 g/mol. The molecule has 0 spiro atoms. The largest absolute Gasteiger partial charge is 0.364 e. The second-order valence-corrected chi connectivity index (χ2v) is 8.86. The van der Waals surface area contributed by atoms with Gasteiger partial charge in [-0.25, -0.2) is 4.98 Å². The highest BCUT2D eigenvalue weighted by molar-refractivity contribution is 6.04. The maximum atomic E-state index is 16.0. The Bertz CT molecular complexity index is 1520. The number of carbonyl (C=O) groups is 2. The highest BCUT2D eigenvalue weighted by atomic mass is 19.1. The molecule has 0 aliphatic carbocycles. The highest BCUT2D eigenvalue weighted by Crippen LogP contribution is 2.41. The summed E-state index contributed by atoms with van der Waals surface area (Å²) in [5.74, 6) is -1.40. The van der Waals surface area contributed by atoms with Crippen LogP contribution in [-0.4, -0.2) is 21.4 Å². The van der Waals surface area contributed by atoms with Gasteiger partial charge in [-0.2, -0.15) is 4.39 Å². The van der Waals surface area contributed by atoms with Gasteiger partial charge in [0.1, 0.15) is 11.2 Å². The lowest BCUT2D eigenvalue weighted by Gasteiger charge is -2.37. The van der Waals surface area contributed by atoms with Crippen molar-refractivity contribution in [3.8, 4) is 0 Å². The van der Waals surface area contributed by atoms with Crippen molar-refractivity contribution in [1.29, 1.82) is 0 Å². The van der Waals surface area contributed by atoms with Gasteiger partial charge in [0, 0.05) is 11.8 Å². The molecule has 0 atom stereocenters. The molecule has 39 heavy (non-hydrogen) atoms. The summed E-state index contributed by atoms with van der Waals surface area (Å²) in [5.41, 5.74) is 7.10. The van der Waals surface area contributed by atoms with Crippen molar-refractivity contribution >= 4 is 17.9 Å². The van der Waals surface area contributed by atoms with Crippen LogP contribution >= 0.6 is 0 Å². The summed E-state index contributed by atoms with van der Waals surface area (Å²) < 4.78 is 17.4. The SMILES string of the molecule is NC(=O)C(=Cc1cn(C(c2ccccc2)(c2ccccc2)c2ccccc2)c(F)n1)NC(=O)c1ccccc1. The van der Waals surface area contributed by atoms with Crippen LogP contribution in [0.15, 0.2) is 133 Å². The molecule has 0 unspecified atom stereocenters. The lowest BCUT2D eigenvalue weighted by Crippen LogP contribution is -2.38. The summed E-state index contributed by atoms with van der Waals surface area (Å²) >= 11 is 0. The zero-order valence-corrected chi connectivity index (χ0v) is 20.9. The van der Waals surface area contributed by atoms with Gasteiger partial charge in [-0.15, -0.1) is 0 Å². The minimum Gasteiger partial charge on any atom is -0.364 e. The molecule has 0 saturated carbocycles. The molecule has 0 saturated heterocycles. The number of aromatic nitrogens is 2. The van der Waals surface area contributed by atoms with E-state index in [9.17, 15) is 9.59 Å². The number of imidazole rings is 1. The molecule has 2 amide bonds. The Morgan fingerprint density at radius 1 is 0.744 bits per heavy atom. The van der Waals surface area contributed by atoms with Gasteiger partial charge in [-0.1, -0.05) is 109 Å². The van der Waals surface area contributed by atoms with E-state index in [4.69, 9.17) is 5.73 Å². The number of nitrogens with one attached hydrogen (secondary N) is 1. The van der Waals surface area contributed by atoms with Gasteiger partial charge in [0.25, 0.3) is 17.9 Å². The fraction of sp³-hybridized carbons (Fsp3) is 0.0312. The first-order chi connectivity index (χ1) is 19.0. The van der Waals surface area contributed by atoms with Crippen LogP contribution in [0.4, 0.5) is 4.39 Å². The van der Waals surface area contributed by atoms with Crippen molar-refractivity contribution in [3.05, 3.63) is 167 Å². The van der Waals surface area contributed by atoms with Gasteiger partial charge in [0.15, 0.2) is 0 Å². The molecule has 0 bridgehead atoms. The number of benzene rings is 4. The molecule has 192 valence electrons. The molecule has 5 rings (SSSR count). The topological polar surface area (TPSA) is 90.0 Å². The van der Waals surface area contributed by atoms with E-state index in [2.05, 4.69) is 10.3 Å². The predicted molar refractivity (Wildman–Crippen MR) is 148 cm³/mol. The summed E-state index contributed by atoms with van der Waals surface area (Å²) in [4.78, 5) is 29.0. The molecule has 1 heterocycles. The Kier molecular flexibility index (Phi) is 7.14. The van der Waals surface area contributed by atoms with E-state index >= 15 is 4.39 Å². The molecule has 1 aromatic heterocycles. The molecular formula is C32H25FN4O2. The lowest BCUT2D eigenvalue weighted by atomic mass is 9.76. The Morgan fingerprint density at radius 2 is 1.18 bits per heavy atom. The minimum absolute atomic E-state index is 0.113. The van der Waals surface area contributed by atoms with Crippen LogP contribution < -0.4 is 11.1 Å². The number of hydrogen-bond acceptors (Lipinski definition) is 3. The van der Waals surface area contributed by atoms with Crippen LogP contribution in [0.25, 0.3) is 6.08 Å². The van der Waals surface area contributed by atoms with Gasteiger partial charge < -0.3 is 11.1 Å². The van der Waals surface area contributed by atoms with Gasteiger partial charge in [0.2, 0.25) is 0 Å². The van der Waals surface area contributed by atoms with Crippen molar-refractivity contribution in [3.63, 3.8) is 0 Å². The summed E-state index contributed by atoms with van der Waals surface area (Å²) in [6, 6.07) is 37.1. The molecule has 0 aliphatic rings. The minimum atomic E-state index is -1.13. The number of amides is 2. The standard InChI is InChI=1S/C32H25FN4O2/c33-31-35-27(21-28(29(34)38)36-30(39)23-13-5-1-6-14-23)22-37(31)32(24-15-7-2-8-16-24,25-17-9-3-10-18-25)26-19-11-4-12-20-26/h1-22H,(H2,34,38)(H,36,39). The second-order valence-electron chi connectivity index (χ2n) is 8.86. The monoisotopic (exact) mass is 516 g/mol. The quantitative estimate of drug-likeness (QED) is 0.222. The Balaban J connectivity index is 1.68. The second kappa shape index (κ2) is 11.0. The number of halogens is 1. The first-order valence-corrected chi connectivity index (χ1v) is 12.3. The number of hydrogen-bond donors (Lipinski definition) is 2. The Hall–Kier alpha value is -5.30. The third-order valence-electron chi connectivity index (χ3n) is 6.46. The van der Waals surface area contributed by atoms with Crippen LogP contribution in [0.3, 0.4) is 0 Å². The number of carbonyl (C=O) groups excluding carboxylic acids is 2. The van der Waals surface area contributed by atoms with Gasteiger partial charge in [-0.05, 0) is 34.9 Å². The van der Waals surface area contributed by atoms with E-state index < -0.39 is 23.4 Å². The van der Waals surface area contributed by atoms with Crippen molar-refractivity contribution < 1.29 is 14.0 Å². The molecule has 0 radical (unpaired) electrons. The number of primary amides is 1. The molecule has 0 fully saturated rings. The zero-order chi connectivity index (χ0) is 27.2. The summed E-state index contributed by atoms with van der Waals surface area (Å²) in [6.45, 7) is 0. The van der Waals surface area contributed by atoms with Crippen molar-refractivity contribution in [2.24, 2.45) is 5.73 Å². The summed E-state index contributed by atoms with van der Waals surface area (Å²) in [5, 5.41) is 2.52. The fourth-order valence-corrected chi connectivity index (χ4v) is 4.74. The normalized spacial score (nSPS) is 11.7. The van der Waals surface area contributed by atoms with Crippen molar-refractivity contribution in [2.75, 3.05) is 0 Å². The molecule has 5 aromatic rings. The van der Waals surface area contributed by atoms with Crippen molar-refractivity contribution in [2.45, 2.75) is 5.54 Å². The zero-order valence-electron chi connectivity index (χ0n) is 20.9. The number of nitrogens with zero attached hydrogens (tertiary/aromatic N) is 2. The van der Waals surface area contributed by atoms with E-state index in [1.165, 1.54) is 16.8 Å². The van der Waals surface area contributed by atoms with E-state index in [1.807, 2.05) is 91.0 Å². The Labute approximate surface area is 225 Å². The molecule has 7 heteroatoms. The van der Waals surface area contributed by atoms with Crippen LogP contribution in [0.1, 0.15) is 32.7 Å². The summed E-state index contributed by atoms with van der Waals surface area (Å²) in [7, 11) is 0. The molecule has 0 aliphatic heterocycles. The van der Waals surface area contributed by atoms with Crippen LogP contribution in [0, 0.1) is 6.08 Å². The van der Waals surface area contributed by atoms with Gasteiger partial charge in [0.05, 0.1) is 5.69 Å². The lowest BCUT2D eigenvalue weighted by molar-refractivity contribution is -0.114. The van der Waals surface area contributed by atoms with E-state index in [0.717, 1.165) is 16.7 Å². The van der Waals surface area contributed by atoms with Crippen molar-refractivity contribution in [1.82, 2.24) is 14.9 Å². The van der Waals surface area contributed by atoms with Crippen LogP contribution in [0.5, 0.6) is 0 Å². The number of nitrogens with two attached hydrogens (primary N) is 1. The highest BCUT2D eigenvalue weighted by Gasteiger charge is 2.40. The molecule has 6 nitrogen and oxygen atoms in total. The molecule has 4 aromatic carbocycles. The van der Waals surface area contributed by atoms with E-state index in [0.29, 0.717) is 5.56 Å². The Morgan fingerprint density at radius 3 is 1.62 bits per heavy atom. The average molecular weight is 517 g/mol. The number of rotatable bonds is 8. The predicted octanol–water partition coefficient (Wildman–Crippen LogP) is 5.12. The van der Waals surface area contributed by atoms with Gasteiger partial charge in [-0.3, -0.25) is 14.2 Å². The third-order valence-corrected chi connectivity index (χ3v) is 6.46. The van der Waals surface area contributed by atoms with E-state index in [-0.39, 0.29) is 11.4 Å². The summed E-state index contributed by atoms with van der Waals surface area (Å²) in [6.07, 6.45) is 2.00. The first-order valence-electron chi connectivity index (χ1n) is 12.3. The smallest absolute Gasteiger partial charge is 0.291 e.